The van der Waals surface area contributed by atoms with Gasteiger partial charge < -0.3 is 5.11 Å². The van der Waals surface area contributed by atoms with E-state index in [1.807, 2.05) is 0 Å². The van der Waals surface area contributed by atoms with Crippen LogP contribution >= 0.6 is 0 Å². The summed E-state index contributed by atoms with van der Waals surface area (Å²) in [5.74, 6) is -28.6. The van der Waals surface area contributed by atoms with Gasteiger partial charge in [0, 0.05) is 0 Å². The Hall–Kier alpha value is -3.15. The van der Waals surface area contributed by atoms with E-state index >= 15 is 0 Å². The molecular formula is C19H5F11O. The van der Waals surface area contributed by atoms with Crippen LogP contribution in [0.2, 0.25) is 0 Å². The number of hydrogen-bond acceptors (Lipinski definition) is 1. The summed E-state index contributed by atoms with van der Waals surface area (Å²) in [5.41, 5.74) is -10.1. The van der Waals surface area contributed by atoms with Crippen LogP contribution in [-0.4, -0.2) is 5.11 Å². The third-order valence-electron chi connectivity index (χ3n) is 4.41. The Labute approximate surface area is 165 Å². The summed E-state index contributed by atoms with van der Waals surface area (Å²) < 4.78 is 153. The average Bonchev–Trinajstić information content (AvgIpc) is 2.74. The van der Waals surface area contributed by atoms with Crippen molar-refractivity contribution in [3.05, 3.63) is 105 Å². The second kappa shape index (κ2) is 7.52. The van der Waals surface area contributed by atoms with Crippen LogP contribution in [0.1, 0.15) is 16.7 Å². The monoisotopic (exact) mass is 458 g/mol. The molecular weight excluding hydrogens is 453 g/mol. The third-order valence-corrected chi connectivity index (χ3v) is 4.41. The van der Waals surface area contributed by atoms with Gasteiger partial charge in [0.2, 0.25) is 11.6 Å². The molecule has 0 unspecified atom stereocenters. The van der Waals surface area contributed by atoms with Crippen molar-refractivity contribution in [1.82, 2.24) is 0 Å². The maximum atomic E-state index is 14.4. The van der Waals surface area contributed by atoms with Gasteiger partial charge in [-0.3, -0.25) is 0 Å². The second-order valence-electron chi connectivity index (χ2n) is 6.11. The lowest BCUT2D eigenvalue weighted by atomic mass is 9.78. The standard InChI is InChI=1S/C19H5F11O/c20-6-3-1-5(2-4-6)19(31,7-9(21)13(25)17(29)14(26)10(7)22)8-11(23)15(27)18(30)16(28)12(8)24/h1-4,31H. The van der Waals surface area contributed by atoms with Crippen molar-refractivity contribution >= 4 is 0 Å². The number of rotatable bonds is 3. The van der Waals surface area contributed by atoms with Crippen molar-refractivity contribution in [2.75, 3.05) is 0 Å². The molecule has 12 heteroatoms. The van der Waals surface area contributed by atoms with Gasteiger partial charge in [-0.25, -0.2) is 48.3 Å². The highest BCUT2D eigenvalue weighted by molar-refractivity contribution is 5.50. The van der Waals surface area contributed by atoms with Crippen LogP contribution in [0.3, 0.4) is 0 Å². The fourth-order valence-corrected chi connectivity index (χ4v) is 2.95. The van der Waals surface area contributed by atoms with E-state index in [-0.39, 0.29) is 0 Å². The minimum Gasteiger partial charge on any atom is -0.376 e. The quantitative estimate of drug-likeness (QED) is 0.238. The van der Waals surface area contributed by atoms with E-state index in [2.05, 4.69) is 0 Å². The van der Waals surface area contributed by atoms with Crippen molar-refractivity contribution in [1.29, 1.82) is 0 Å². The molecule has 0 amide bonds. The maximum Gasteiger partial charge on any atom is 0.200 e. The van der Waals surface area contributed by atoms with Crippen molar-refractivity contribution in [2.45, 2.75) is 5.60 Å². The molecule has 0 aliphatic heterocycles. The fourth-order valence-electron chi connectivity index (χ4n) is 2.95. The first kappa shape index (κ1) is 22.5. The normalized spacial score (nSPS) is 11.9. The Morgan fingerprint density at radius 1 is 0.419 bits per heavy atom. The molecule has 0 aliphatic rings. The lowest BCUT2D eigenvalue weighted by Crippen LogP contribution is -2.36. The molecule has 0 atom stereocenters. The molecule has 0 fully saturated rings. The first-order valence-electron chi connectivity index (χ1n) is 7.87. The summed E-state index contributed by atoms with van der Waals surface area (Å²) in [7, 11) is 0. The molecule has 0 radical (unpaired) electrons. The van der Waals surface area contributed by atoms with Crippen molar-refractivity contribution in [2.24, 2.45) is 0 Å². The number of hydrogen-bond donors (Lipinski definition) is 1. The van der Waals surface area contributed by atoms with Gasteiger partial charge in [-0.05, 0) is 17.7 Å². The smallest absolute Gasteiger partial charge is 0.200 e. The van der Waals surface area contributed by atoms with Gasteiger partial charge in [-0.2, -0.15) is 0 Å². The fraction of sp³-hybridized carbons (Fsp3) is 0.0526. The molecule has 31 heavy (non-hydrogen) atoms. The molecule has 3 aromatic rings. The predicted octanol–water partition coefficient (Wildman–Crippen LogP) is 5.50. The summed E-state index contributed by atoms with van der Waals surface area (Å²) in [4.78, 5) is 0. The zero-order valence-corrected chi connectivity index (χ0v) is 14.4. The van der Waals surface area contributed by atoms with Crippen LogP contribution in [0, 0.1) is 64.0 Å². The van der Waals surface area contributed by atoms with Crippen LogP contribution in [0.25, 0.3) is 0 Å². The van der Waals surface area contributed by atoms with Gasteiger partial charge in [-0.15, -0.1) is 0 Å². The minimum atomic E-state index is -4.18. The predicted molar refractivity (Wildman–Crippen MR) is 81.0 cm³/mol. The second-order valence-corrected chi connectivity index (χ2v) is 6.11. The van der Waals surface area contributed by atoms with Crippen molar-refractivity contribution in [3.8, 4) is 0 Å². The Balaban J connectivity index is 2.60. The molecule has 0 saturated heterocycles. The van der Waals surface area contributed by atoms with Gasteiger partial charge in [0.15, 0.2) is 52.1 Å². The van der Waals surface area contributed by atoms with E-state index in [0.717, 1.165) is 0 Å². The highest BCUT2D eigenvalue weighted by Gasteiger charge is 2.48. The van der Waals surface area contributed by atoms with Gasteiger partial charge in [0.1, 0.15) is 5.82 Å². The van der Waals surface area contributed by atoms with Gasteiger partial charge in [0.25, 0.3) is 0 Å². The van der Waals surface area contributed by atoms with Crippen LogP contribution in [0.15, 0.2) is 24.3 Å². The maximum absolute atomic E-state index is 14.4. The molecule has 0 spiro atoms. The number of halogens is 11. The van der Waals surface area contributed by atoms with Crippen LogP contribution in [0.5, 0.6) is 0 Å². The Bertz CT molecular complexity index is 1080. The molecule has 1 N–H and O–H groups in total. The SMILES string of the molecule is OC(c1ccc(F)cc1)(c1c(F)c(F)c(F)c(F)c1F)c1c(F)c(F)c(F)c(F)c1F. The first-order valence-corrected chi connectivity index (χ1v) is 7.87. The van der Waals surface area contributed by atoms with E-state index < -0.39 is 86.3 Å². The number of aliphatic hydroxyl groups is 1. The first-order chi connectivity index (χ1) is 14.3. The molecule has 0 aromatic heterocycles. The highest BCUT2D eigenvalue weighted by Crippen LogP contribution is 2.44. The largest absolute Gasteiger partial charge is 0.376 e. The van der Waals surface area contributed by atoms with Crippen molar-refractivity contribution in [3.63, 3.8) is 0 Å². The lowest BCUT2D eigenvalue weighted by molar-refractivity contribution is 0.101. The van der Waals surface area contributed by atoms with Gasteiger partial charge >= 0.3 is 0 Å². The molecule has 164 valence electrons. The molecule has 0 saturated carbocycles. The molecule has 1 nitrogen and oxygen atoms in total. The topological polar surface area (TPSA) is 20.2 Å². The van der Waals surface area contributed by atoms with E-state index in [9.17, 15) is 53.4 Å². The Kier molecular flexibility index (Phi) is 5.47. The van der Waals surface area contributed by atoms with E-state index in [0.29, 0.717) is 24.3 Å². The average molecular weight is 458 g/mol. The summed E-state index contributed by atoms with van der Waals surface area (Å²) in [5, 5.41) is 10.9. The third kappa shape index (κ3) is 3.12. The van der Waals surface area contributed by atoms with E-state index in [4.69, 9.17) is 0 Å². The summed E-state index contributed by atoms with van der Waals surface area (Å²) >= 11 is 0. The molecule has 3 aromatic carbocycles. The highest BCUT2D eigenvalue weighted by atomic mass is 19.2. The lowest BCUT2D eigenvalue weighted by Gasteiger charge is -2.31. The molecule has 0 heterocycles. The number of benzene rings is 3. The zero-order valence-electron chi connectivity index (χ0n) is 14.4. The summed E-state index contributed by atoms with van der Waals surface area (Å²) in [6.45, 7) is 0. The van der Waals surface area contributed by atoms with Crippen LogP contribution < -0.4 is 0 Å². The minimum absolute atomic E-state index is 0.380. The summed E-state index contributed by atoms with van der Waals surface area (Å²) in [6.07, 6.45) is 0. The van der Waals surface area contributed by atoms with E-state index in [1.54, 1.807) is 0 Å². The van der Waals surface area contributed by atoms with Gasteiger partial charge in [0.05, 0.1) is 11.1 Å². The molecule has 3 rings (SSSR count). The van der Waals surface area contributed by atoms with Crippen LogP contribution in [0.4, 0.5) is 48.3 Å². The van der Waals surface area contributed by atoms with Gasteiger partial charge in [-0.1, -0.05) is 12.1 Å². The van der Waals surface area contributed by atoms with Crippen molar-refractivity contribution < 1.29 is 53.4 Å². The molecule has 0 aliphatic carbocycles. The van der Waals surface area contributed by atoms with Crippen LogP contribution in [-0.2, 0) is 5.60 Å². The Morgan fingerprint density at radius 2 is 0.677 bits per heavy atom. The summed E-state index contributed by atoms with van der Waals surface area (Å²) in [6, 6.07) is 1.62. The molecule has 0 bridgehead atoms. The Morgan fingerprint density at radius 3 is 0.968 bits per heavy atom. The van der Waals surface area contributed by atoms with E-state index in [1.165, 1.54) is 0 Å². The zero-order chi connectivity index (χ0) is 23.4.